The molecule has 28 heavy (non-hydrogen) atoms. The van der Waals surface area contributed by atoms with Crippen LogP contribution in [0, 0.1) is 0 Å². The van der Waals surface area contributed by atoms with Crippen molar-refractivity contribution < 1.29 is 14.3 Å². The Morgan fingerprint density at radius 1 is 1.18 bits per heavy atom. The van der Waals surface area contributed by atoms with Crippen molar-refractivity contribution in [2.45, 2.75) is 30.3 Å². The van der Waals surface area contributed by atoms with E-state index in [-0.39, 0.29) is 24.2 Å². The van der Waals surface area contributed by atoms with Crippen molar-refractivity contribution in [3.63, 3.8) is 0 Å². The van der Waals surface area contributed by atoms with E-state index < -0.39 is 0 Å². The molecule has 3 aromatic rings. The summed E-state index contributed by atoms with van der Waals surface area (Å²) in [5.74, 6) is 1.29. The maximum Gasteiger partial charge on any atom is 0.249 e. The number of hydrogen-bond acceptors (Lipinski definition) is 6. The smallest absolute Gasteiger partial charge is 0.249 e. The second-order valence-corrected chi connectivity index (χ2v) is 7.97. The molecule has 8 heteroatoms. The standard InChI is InChI=1S/C20H18ClN3O3S/c21-17-4-2-1-3-16(17)20-23-22-18(27-20)11-24(13-5-6-13)19(26)12-28-15-9-7-14(25)8-10-15/h1-4,7-10,13,25H,5-6,11-12H2. The fraction of sp³-hybridized carbons (Fsp3) is 0.250. The number of carbonyl (C=O) groups excluding carboxylic acids is 1. The summed E-state index contributed by atoms with van der Waals surface area (Å²) in [7, 11) is 0. The molecule has 1 aliphatic carbocycles. The second kappa shape index (κ2) is 8.24. The van der Waals surface area contributed by atoms with Crippen LogP contribution in [0.2, 0.25) is 5.02 Å². The van der Waals surface area contributed by atoms with Crippen LogP contribution in [-0.4, -0.2) is 37.9 Å². The second-order valence-electron chi connectivity index (χ2n) is 6.52. The molecule has 1 aliphatic rings. The molecule has 1 saturated carbocycles. The average molecular weight is 416 g/mol. The van der Waals surface area contributed by atoms with Crippen molar-refractivity contribution in [3.05, 3.63) is 59.4 Å². The first kappa shape index (κ1) is 18.8. The van der Waals surface area contributed by atoms with E-state index in [1.807, 2.05) is 18.2 Å². The molecule has 2 aromatic carbocycles. The Hall–Kier alpha value is -2.51. The SMILES string of the molecule is O=C(CSc1ccc(O)cc1)N(Cc1nnc(-c2ccccc2Cl)o1)C1CC1. The molecule has 0 unspecified atom stereocenters. The number of phenols is 1. The van der Waals surface area contributed by atoms with Crippen LogP contribution in [0.3, 0.4) is 0 Å². The molecule has 0 bridgehead atoms. The van der Waals surface area contributed by atoms with Crippen molar-refractivity contribution in [2.24, 2.45) is 0 Å². The topological polar surface area (TPSA) is 79.5 Å². The quantitative estimate of drug-likeness (QED) is 0.577. The predicted molar refractivity (Wildman–Crippen MR) is 107 cm³/mol. The number of aromatic nitrogens is 2. The Labute approximate surface area is 171 Å². The van der Waals surface area contributed by atoms with Gasteiger partial charge in [-0.3, -0.25) is 4.79 Å². The van der Waals surface area contributed by atoms with Crippen LogP contribution >= 0.6 is 23.4 Å². The van der Waals surface area contributed by atoms with Crippen molar-refractivity contribution in [3.8, 4) is 17.2 Å². The summed E-state index contributed by atoms with van der Waals surface area (Å²) in [6.07, 6.45) is 1.97. The minimum atomic E-state index is 0.0260. The summed E-state index contributed by atoms with van der Waals surface area (Å²) in [4.78, 5) is 15.5. The maximum atomic E-state index is 12.7. The van der Waals surface area contributed by atoms with E-state index in [1.54, 1.807) is 35.2 Å². The van der Waals surface area contributed by atoms with Gasteiger partial charge in [0.05, 0.1) is 22.9 Å². The summed E-state index contributed by atoms with van der Waals surface area (Å²) in [5.41, 5.74) is 0.676. The van der Waals surface area contributed by atoms with E-state index in [4.69, 9.17) is 16.0 Å². The zero-order chi connectivity index (χ0) is 19.5. The fourth-order valence-electron chi connectivity index (χ4n) is 2.78. The van der Waals surface area contributed by atoms with Crippen LogP contribution in [0.4, 0.5) is 0 Å². The molecule has 1 fully saturated rings. The van der Waals surface area contributed by atoms with E-state index in [1.165, 1.54) is 11.8 Å². The van der Waals surface area contributed by atoms with Gasteiger partial charge in [-0.2, -0.15) is 0 Å². The van der Waals surface area contributed by atoms with Crippen molar-refractivity contribution in [2.75, 3.05) is 5.75 Å². The number of rotatable bonds is 7. The largest absolute Gasteiger partial charge is 0.508 e. The first-order chi connectivity index (χ1) is 13.6. The normalized spacial score (nSPS) is 13.5. The lowest BCUT2D eigenvalue weighted by molar-refractivity contribution is -0.129. The van der Waals surface area contributed by atoms with Gasteiger partial charge < -0.3 is 14.4 Å². The number of carbonyl (C=O) groups is 1. The highest BCUT2D eigenvalue weighted by molar-refractivity contribution is 8.00. The first-order valence-electron chi connectivity index (χ1n) is 8.89. The van der Waals surface area contributed by atoms with Crippen LogP contribution in [0.15, 0.2) is 57.8 Å². The number of aromatic hydroxyl groups is 1. The lowest BCUT2D eigenvalue weighted by Gasteiger charge is -2.20. The van der Waals surface area contributed by atoms with E-state index >= 15 is 0 Å². The summed E-state index contributed by atoms with van der Waals surface area (Å²) in [5, 5.41) is 18.1. The Balaban J connectivity index is 1.42. The highest BCUT2D eigenvalue weighted by Crippen LogP contribution is 2.31. The number of phenolic OH excluding ortho intramolecular Hbond substituents is 1. The number of benzene rings is 2. The summed E-state index contributed by atoms with van der Waals surface area (Å²) in [6.45, 7) is 0.289. The van der Waals surface area contributed by atoms with Crippen molar-refractivity contribution in [1.29, 1.82) is 0 Å². The van der Waals surface area contributed by atoms with Crippen LogP contribution < -0.4 is 0 Å². The Bertz CT molecular complexity index is 973. The lowest BCUT2D eigenvalue weighted by Crippen LogP contribution is -2.34. The predicted octanol–water partition coefficient (Wildman–Crippen LogP) is 4.38. The molecule has 1 aromatic heterocycles. The monoisotopic (exact) mass is 415 g/mol. The van der Waals surface area contributed by atoms with Gasteiger partial charge in [-0.05, 0) is 49.2 Å². The highest BCUT2D eigenvalue weighted by atomic mass is 35.5. The van der Waals surface area contributed by atoms with Gasteiger partial charge in [-0.15, -0.1) is 22.0 Å². The van der Waals surface area contributed by atoms with Gasteiger partial charge >= 0.3 is 0 Å². The van der Waals surface area contributed by atoms with Crippen LogP contribution in [0.5, 0.6) is 5.75 Å². The van der Waals surface area contributed by atoms with Gasteiger partial charge in [0.1, 0.15) is 5.75 Å². The number of thioether (sulfide) groups is 1. The molecule has 1 N–H and O–H groups in total. The summed E-state index contributed by atoms with van der Waals surface area (Å²) < 4.78 is 5.75. The van der Waals surface area contributed by atoms with E-state index in [2.05, 4.69) is 10.2 Å². The lowest BCUT2D eigenvalue weighted by atomic mass is 10.2. The molecular formula is C20H18ClN3O3S. The minimum absolute atomic E-state index is 0.0260. The zero-order valence-electron chi connectivity index (χ0n) is 14.9. The molecule has 0 atom stereocenters. The number of halogens is 1. The molecule has 4 rings (SSSR count). The van der Waals surface area contributed by atoms with Crippen molar-refractivity contribution in [1.82, 2.24) is 15.1 Å². The summed E-state index contributed by atoms with van der Waals surface area (Å²) >= 11 is 7.62. The summed E-state index contributed by atoms with van der Waals surface area (Å²) in [6, 6.07) is 14.3. The Kier molecular flexibility index (Phi) is 5.54. The fourth-order valence-corrected chi connectivity index (χ4v) is 3.79. The highest BCUT2D eigenvalue weighted by Gasteiger charge is 2.33. The molecule has 6 nitrogen and oxygen atoms in total. The number of nitrogens with zero attached hydrogens (tertiary/aromatic N) is 3. The average Bonchev–Trinajstić information content (AvgIpc) is 3.44. The zero-order valence-corrected chi connectivity index (χ0v) is 16.5. The van der Waals surface area contributed by atoms with E-state index in [0.29, 0.717) is 28.1 Å². The van der Waals surface area contributed by atoms with Gasteiger partial charge in [0.25, 0.3) is 0 Å². The number of hydrogen-bond donors (Lipinski definition) is 1. The molecule has 0 radical (unpaired) electrons. The molecule has 0 aliphatic heterocycles. The van der Waals surface area contributed by atoms with Crippen LogP contribution in [0.1, 0.15) is 18.7 Å². The van der Waals surface area contributed by atoms with Crippen LogP contribution in [0.25, 0.3) is 11.5 Å². The maximum absolute atomic E-state index is 12.7. The van der Waals surface area contributed by atoms with Gasteiger partial charge in [0.2, 0.25) is 17.7 Å². The molecule has 144 valence electrons. The Morgan fingerprint density at radius 3 is 2.64 bits per heavy atom. The van der Waals surface area contributed by atoms with Crippen molar-refractivity contribution >= 4 is 29.3 Å². The minimum Gasteiger partial charge on any atom is -0.508 e. The molecular weight excluding hydrogens is 398 g/mol. The molecule has 0 spiro atoms. The van der Waals surface area contributed by atoms with E-state index in [0.717, 1.165) is 17.7 Å². The van der Waals surface area contributed by atoms with Crippen LogP contribution in [-0.2, 0) is 11.3 Å². The van der Waals surface area contributed by atoms with Gasteiger partial charge in [-0.1, -0.05) is 23.7 Å². The molecule has 1 amide bonds. The third kappa shape index (κ3) is 4.48. The molecule has 0 saturated heterocycles. The third-order valence-electron chi connectivity index (χ3n) is 4.38. The third-order valence-corrected chi connectivity index (χ3v) is 5.71. The van der Waals surface area contributed by atoms with E-state index in [9.17, 15) is 9.90 Å². The van der Waals surface area contributed by atoms with Gasteiger partial charge in [0.15, 0.2) is 0 Å². The molecule has 1 heterocycles. The first-order valence-corrected chi connectivity index (χ1v) is 10.2. The van der Waals surface area contributed by atoms with Gasteiger partial charge in [-0.25, -0.2) is 0 Å². The number of amides is 1. The van der Waals surface area contributed by atoms with Gasteiger partial charge in [0, 0.05) is 10.9 Å². The Morgan fingerprint density at radius 2 is 1.93 bits per heavy atom.